The maximum atomic E-state index is 12.8. The van der Waals surface area contributed by atoms with E-state index >= 15 is 0 Å². The number of fused-ring (bicyclic) bond motifs is 1. The lowest BCUT2D eigenvalue weighted by atomic mass is 9.83. The Balaban J connectivity index is 1.45. The van der Waals surface area contributed by atoms with Gasteiger partial charge in [-0.1, -0.05) is 30.5 Å². The number of aromatic nitrogens is 1. The zero-order chi connectivity index (χ0) is 19.7. The second-order valence-electron chi connectivity index (χ2n) is 7.84. The molecule has 2 fully saturated rings. The third-order valence-corrected chi connectivity index (χ3v) is 6.01. The van der Waals surface area contributed by atoms with Crippen LogP contribution in [0.2, 0.25) is 5.02 Å². The summed E-state index contributed by atoms with van der Waals surface area (Å²) in [6.45, 7) is 0. The number of H-pyrrole nitrogens is 1. The van der Waals surface area contributed by atoms with Crippen LogP contribution < -0.4 is 10.6 Å². The summed E-state index contributed by atoms with van der Waals surface area (Å²) in [5, 5.41) is 16.7. The molecule has 1 aromatic carbocycles. The number of aromatic amines is 1. The molecule has 28 heavy (non-hydrogen) atoms. The standard InChI is InChI=1S/C21H23ClN4O2/c22-14-8-7-13-9-18(24-17(13)10-14)21(28)25-16-4-2-1-3-15(16)20(27)26-19(11-23)12-5-6-12/h7-10,12,15-16,19,24H,1-6H2,(H,25,28)(H,26,27)/t15-,16+,19?/m1/s1. The van der Waals surface area contributed by atoms with Gasteiger partial charge in [-0.3, -0.25) is 9.59 Å². The van der Waals surface area contributed by atoms with Crippen LogP contribution in [0.15, 0.2) is 24.3 Å². The van der Waals surface area contributed by atoms with Crippen molar-refractivity contribution in [1.82, 2.24) is 15.6 Å². The summed E-state index contributed by atoms with van der Waals surface area (Å²) < 4.78 is 0. The number of carbonyl (C=O) groups is 2. The van der Waals surface area contributed by atoms with Crippen LogP contribution >= 0.6 is 11.6 Å². The molecule has 1 aromatic heterocycles. The molecule has 0 aliphatic heterocycles. The molecule has 4 rings (SSSR count). The van der Waals surface area contributed by atoms with Crippen LogP contribution in [0.4, 0.5) is 0 Å². The minimum absolute atomic E-state index is 0.119. The molecule has 2 amide bonds. The quantitative estimate of drug-likeness (QED) is 0.718. The Morgan fingerprint density at radius 3 is 2.71 bits per heavy atom. The maximum Gasteiger partial charge on any atom is 0.267 e. The number of rotatable bonds is 5. The SMILES string of the molecule is N#CC(NC(=O)[C@@H]1CCCC[C@@H]1NC(=O)c1cc2ccc(Cl)cc2[nH]1)C1CC1. The molecule has 2 aromatic rings. The van der Waals surface area contributed by atoms with E-state index in [9.17, 15) is 14.9 Å². The molecule has 2 aliphatic carbocycles. The molecular weight excluding hydrogens is 376 g/mol. The molecule has 6 nitrogen and oxygen atoms in total. The third kappa shape index (κ3) is 4.00. The number of hydrogen-bond donors (Lipinski definition) is 3. The van der Waals surface area contributed by atoms with Crippen LogP contribution in [-0.4, -0.2) is 28.9 Å². The Morgan fingerprint density at radius 1 is 1.18 bits per heavy atom. The highest BCUT2D eigenvalue weighted by Crippen LogP contribution is 2.33. The van der Waals surface area contributed by atoms with Crippen molar-refractivity contribution in [3.8, 4) is 6.07 Å². The van der Waals surface area contributed by atoms with Gasteiger partial charge in [0, 0.05) is 22.0 Å². The molecule has 146 valence electrons. The number of nitriles is 1. The van der Waals surface area contributed by atoms with E-state index in [1.165, 1.54) is 0 Å². The fourth-order valence-corrected chi connectivity index (χ4v) is 4.20. The van der Waals surface area contributed by atoms with Crippen LogP contribution in [0.1, 0.15) is 49.0 Å². The van der Waals surface area contributed by atoms with Gasteiger partial charge in [0.15, 0.2) is 0 Å². The summed E-state index contributed by atoms with van der Waals surface area (Å²) in [5.41, 5.74) is 1.26. The molecule has 3 N–H and O–H groups in total. The average Bonchev–Trinajstić information content (AvgIpc) is 3.45. The lowest BCUT2D eigenvalue weighted by Crippen LogP contribution is -2.50. The van der Waals surface area contributed by atoms with Crippen molar-refractivity contribution < 1.29 is 9.59 Å². The lowest BCUT2D eigenvalue weighted by Gasteiger charge is -2.31. The molecule has 1 unspecified atom stereocenters. The minimum atomic E-state index is -0.413. The molecule has 0 saturated heterocycles. The highest BCUT2D eigenvalue weighted by molar-refractivity contribution is 6.31. The van der Waals surface area contributed by atoms with Gasteiger partial charge in [0.1, 0.15) is 11.7 Å². The first kappa shape index (κ1) is 18.8. The second kappa shape index (κ2) is 7.84. The Hall–Kier alpha value is -2.52. The van der Waals surface area contributed by atoms with E-state index in [1.807, 2.05) is 6.07 Å². The highest BCUT2D eigenvalue weighted by Gasteiger charge is 2.37. The number of nitrogens with zero attached hydrogens (tertiary/aromatic N) is 1. The highest BCUT2D eigenvalue weighted by atomic mass is 35.5. The van der Waals surface area contributed by atoms with E-state index in [4.69, 9.17) is 11.6 Å². The summed E-state index contributed by atoms with van der Waals surface area (Å²) in [7, 11) is 0. The van der Waals surface area contributed by atoms with E-state index in [2.05, 4.69) is 21.7 Å². The molecule has 1 heterocycles. The van der Waals surface area contributed by atoms with Crippen molar-refractivity contribution in [2.24, 2.45) is 11.8 Å². The first-order valence-corrected chi connectivity index (χ1v) is 10.2. The number of carbonyl (C=O) groups excluding carboxylic acids is 2. The Kier molecular flexibility index (Phi) is 5.27. The summed E-state index contributed by atoms with van der Waals surface area (Å²) in [6, 6.07) is 8.78. The van der Waals surface area contributed by atoms with E-state index in [0.717, 1.165) is 49.4 Å². The maximum absolute atomic E-state index is 12.8. The topological polar surface area (TPSA) is 97.8 Å². The van der Waals surface area contributed by atoms with Gasteiger partial charge in [0.05, 0.1) is 12.0 Å². The van der Waals surface area contributed by atoms with Gasteiger partial charge >= 0.3 is 0 Å². The predicted molar refractivity (Wildman–Crippen MR) is 107 cm³/mol. The average molecular weight is 399 g/mol. The first-order valence-electron chi connectivity index (χ1n) is 9.84. The van der Waals surface area contributed by atoms with Gasteiger partial charge in [0.2, 0.25) is 5.91 Å². The monoisotopic (exact) mass is 398 g/mol. The molecule has 0 spiro atoms. The molecule has 7 heteroatoms. The zero-order valence-corrected chi connectivity index (χ0v) is 16.3. The van der Waals surface area contributed by atoms with Crippen molar-refractivity contribution in [2.45, 2.75) is 50.6 Å². The van der Waals surface area contributed by atoms with E-state index in [-0.39, 0.29) is 29.7 Å². The number of benzene rings is 1. The van der Waals surface area contributed by atoms with Crippen molar-refractivity contribution in [1.29, 1.82) is 5.26 Å². The van der Waals surface area contributed by atoms with Crippen LogP contribution in [0, 0.1) is 23.2 Å². The molecule has 0 bridgehead atoms. The van der Waals surface area contributed by atoms with Crippen LogP contribution in [0.25, 0.3) is 10.9 Å². The van der Waals surface area contributed by atoms with Gasteiger partial charge in [-0.15, -0.1) is 0 Å². The Labute approximate surface area is 168 Å². The number of amides is 2. The summed E-state index contributed by atoms with van der Waals surface area (Å²) in [5.74, 6) is -0.363. The van der Waals surface area contributed by atoms with Gasteiger partial charge in [-0.2, -0.15) is 5.26 Å². The number of nitrogens with one attached hydrogen (secondary N) is 3. The van der Waals surface area contributed by atoms with Gasteiger partial charge in [-0.05, 0) is 49.8 Å². The second-order valence-corrected chi connectivity index (χ2v) is 8.27. The van der Waals surface area contributed by atoms with Crippen LogP contribution in [0.3, 0.4) is 0 Å². The fraction of sp³-hybridized carbons (Fsp3) is 0.476. The number of halogens is 1. The smallest absolute Gasteiger partial charge is 0.267 e. The predicted octanol–water partition coefficient (Wildman–Crippen LogP) is 3.53. The van der Waals surface area contributed by atoms with Crippen LogP contribution in [-0.2, 0) is 4.79 Å². The summed E-state index contributed by atoms with van der Waals surface area (Å²) >= 11 is 6.01. The number of hydrogen-bond acceptors (Lipinski definition) is 3. The molecule has 3 atom stereocenters. The molecule has 0 radical (unpaired) electrons. The van der Waals surface area contributed by atoms with Gasteiger partial charge in [-0.25, -0.2) is 0 Å². The fourth-order valence-electron chi connectivity index (χ4n) is 4.03. The van der Waals surface area contributed by atoms with Gasteiger partial charge < -0.3 is 15.6 Å². The van der Waals surface area contributed by atoms with Crippen molar-refractivity contribution in [3.05, 3.63) is 35.0 Å². The van der Waals surface area contributed by atoms with Gasteiger partial charge in [0.25, 0.3) is 5.91 Å². The zero-order valence-electron chi connectivity index (χ0n) is 15.5. The Bertz CT molecular complexity index is 944. The van der Waals surface area contributed by atoms with Crippen molar-refractivity contribution in [3.63, 3.8) is 0 Å². The Morgan fingerprint density at radius 2 is 1.96 bits per heavy atom. The molecule has 2 saturated carbocycles. The van der Waals surface area contributed by atoms with Crippen molar-refractivity contribution in [2.75, 3.05) is 0 Å². The lowest BCUT2D eigenvalue weighted by molar-refractivity contribution is -0.127. The van der Waals surface area contributed by atoms with E-state index in [1.54, 1.807) is 18.2 Å². The van der Waals surface area contributed by atoms with E-state index in [0.29, 0.717) is 10.7 Å². The third-order valence-electron chi connectivity index (χ3n) is 5.78. The molecular formula is C21H23ClN4O2. The van der Waals surface area contributed by atoms with E-state index < -0.39 is 6.04 Å². The van der Waals surface area contributed by atoms with Crippen molar-refractivity contribution >= 4 is 34.3 Å². The largest absolute Gasteiger partial charge is 0.350 e. The minimum Gasteiger partial charge on any atom is -0.350 e. The normalized spacial score (nSPS) is 23.0. The summed E-state index contributed by atoms with van der Waals surface area (Å²) in [6.07, 6.45) is 5.40. The summed E-state index contributed by atoms with van der Waals surface area (Å²) in [4.78, 5) is 28.6. The molecule has 2 aliphatic rings. The van der Waals surface area contributed by atoms with Crippen LogP contribution in [0.5, 0.6) is 0 Å². The first-order chi connectivity index (χ1) is 13.5.